The van der Waals surface area contributed by atoms with Crippen LogP contribution in [0.2, 0.25) is 0 Å². The van der Waals surface area contributed by atoms with Crippen molar-refractivity contribution in [2.24, 2.45) is 11.7 Å². The molecule has 1 aliphatic rings. The zero-order chi connectivity index (χ0) is 9.84. The number of imide groups is 1. The van der Waals surface area contributed by atoms with Crippen LogP contribution in [-0.4, -0.2) is 36.5 Å². The van der Waals surface area contributed by atoms with Gasteiger partial charge in [-0.05, 0) is 0 Å². The van der Waals surface area contributed by atoms with Gasteiger partial charge in [0.05, 0.1) is 6.07 Å². The second-order valence-corrected chi connectivity index (χ2v) is 2.71. The Morgan fingerprint density at radius 3 is 2.79 bits per heavy atom. The van der Waals surface area contributed by atoms with E-state index < -0.39 is 17.9 Å². The van der Waals surface area contributed by atoms with E-state index in [2.05, 4.69) is 5.32 Å². The molecule has 0 saturated carbocycles. The molecule has 1 fully saturated rings. The summed E-state index contributed by atoms with van der Waals surface area (Å²) in [6.07, 6.45) is 0. The van der Waals surface area contributed by atoms with E-state index in [4.69, 9.17) is 11.0 Å². The molecule has 3 N–H and O–H groups in total. The first-order valence-electron chi connectivity index (χ1n) is 3.88. The van der Waals surface area contributed by atoms with Gasteiger partial charge in [-0.2, -0.15) is 5.26 Å². The molecule has 0 bridgehead atoms. The van der Waals surface area contributed by atoms with E-state index in [9.17, 15) is 9.59 Å². The second-order valence-electron chi connectivity index (χ2n) is 2.71. The van der Waals surface area contributed by atoms with E-state index in [0.29, 0.717) is 13.1 Å². The summed E-state index contributed by atoms with van der Waals surface area (Å²) in [6, 6.07) is 1.35. The summed E-state index contributed by atoms with van der Waals surface area (Å²) < 4.78 is 0. The predicted molar refractivity (Wildman–Crippen MR) is 50.5 cm³/mol. The molecule has 0 spiro atoms. The summed E-state index contributed by atoms with van der Waals surface area (Å²) >= 11 is 0. The highest BCUT2D eigenvalue weighted by Crippen LogP contribution is 2.06. The van der Waals surface area contributed by atoms with E-state index in [1.54, 1.807) is 0 Å². The van der Waals surface area contributed by atoms with Crippen molar-refractivity contribution in [2.45, 2.75) is 0 Å². The maximum Gasteiger partial charge on any atom is 0.324 e. The maximum atomic E-state index is 11.1. The SMILES string of the molecule is Cl.N#CC1CN(CCN)C(=O)NC1=O. The normalized spacial score (nSPS) is 20.9. The number of nitrogens with one attached hydrogen (secondary N) is 1. The van der Waals surface area contributed by atoms with E-state index in [1.165, 1.54) is 4.90 Å². The fraction of sp³-hybridized carbons (Fsp3) is 0.571. The first-order valence-corrected chi connectivity index (χ1v) is 3.88. The lowest BCUT2D eigenvalue weighted by Crippen LogP contribution is -2.55. The summed E-state index contributed by atoms with van der Waals surface area (Å²) in [5.74, 6) is -1.30. The fourth-order valence-electron chi connectivity index (χ4n) is 1.11. The van der Waals surface area contributed by atoms with Crippen LogP contribution in [0.25, 0.3) is 0 Å². The van der Waals surface area contributed by atoms with Gasteiger partial charge in [0.2, 0.25) is 5.91 Å². The number of nitriles is 1. The second kappa shape index (κ2) is 5.42. The van der Waals surface area contributed by atoms with Gasteiger partial charge in [-0.15, -0.1) is 12.4 Å². The Kier molecular flexibility index (Phi) is 4.91. The van der Waals surface area contributed by atoms with Gasteiger partial charge in [-0.25, -0.2) is 4.79 Å². The van der Waals surface area contributed by atoms with Crippen LogP contribution in [0.1, 0.15) is 0 Å². The van der Waals surface area contributed by atoms with Crippen LogP contribution in [0, 0.1) is 17.2 Å². The predicted octanol–water partition coefficient (Wildman–Crippen LogP) is -0.942. The molecule has 0 aromatic carbocycles. The van der Waals surface area contributed by atoms with Crippen LogP contribution in [0.15, 0.2) is 0 Å². The highest BCUT2D eigenvalue weighted by atomic mass is 35.5. The minimum absolute atomic E-state index is 0. The van der Waals surface area contributed by atoms with Crippen LogP contribution in [0.5, 0.6) is 0 Å². The smallest absolute Gasteiger partial charge is 0.324 e. The molecule has 3 amide bonds. The first kappa shape index (κ1) is 12.7. The molecule has 7 heteroatoms. The van der Waals surface area contributed by atoms with Crippen molar-refractivity contribution in [3.8, 4) is 6.07 Å². The molecular weight excluding hydrogens is 208 g/mol. The molecule has 1 heterocycles. The van der Waals surface area contributed by atoms with Gasteiger partial charge in [0, 0.05) is 19.6 Å². The Balaban J connectivity index is 0.00000169. The molecule has 6 nitrogen and oxygen atoms in total. The molecule has 14 heavy (non-hydrogen) atoms. The average Bonchev–Trinajstić information content (AvgIpc) is 2.10. The Hall–Kier alpha value is -1.32. The molecular formula is C7H11ClN4O2. The number of amides is 3. The van der Waals surface area contributed by atoms with Crippen LogP contribution in [-0.2, 0) is 4.79 Å². The number of nitrogens with zero attached hydrogens (tertiary/aromatic N) is 2. The number of hydrogen-bond acceptors (Lipinski definition) is 4. The number of rotatable bonds is 2. The van der Waals surface area contributed by atoms with Crippen molar-refractivity contribution in [3.63, 3.8) is 0 Å². The van der Waals surface area contributed by atoms with Gasteiger partial charge in [-0.1, -0.05) is 0 Å². The highest BCUT2D eigenvalue weighted by molar-refractivity contribution is 5.99. The van der Waals surface area contributed by atoms with Crippen molar-refractivity contribution in [1.82, 2.24) is 10.2 Å². The van der Waals surface area contributed by atoms with Gasteiger partial charge in [0.1, 0.15) is 5.92 Å². The standard InChI is InChI=1S/C7H10N4O2.ClH/c8-1-2-11-4-5(3-9)6(12)10-7(11)13;/h5H,1-2,4,8H2,(H,10,12,13);1H. The molecule has 0 aromatic rings. The van der Waals surface area contributed by atoms with Crippen LogP contribution >= 0.6 is 12.4 Å². The van der Waals surface area contributed by atoms with Crippen molar-refractivity contribution in [1.29, 1.82) is 5.26 Å². The van der Waals surface area contributed by atoms with Gasteiger partial charge in [-0.3, -0.25) is 10.1 Å². The van der Waals surface area contributed by atoms with Crippen LogP contribution in [0.3, 0.4) is 0 Å². The zero-order valence-corrected chi connectivity index (χ0v) is 8.21. The third-order valence-corrected chi connectivity index (χ3v) is 1.79. The van der Waals surface area contributed by atoms with Crippen LogP contribution < -0.4 is 11.1 Å². The van der Waals surface area contributed by atoms with Crippen molar-refractivity contribution in [2.75, 3.05) is 19.6 Å². The highest BCUT2D eigenvalue weighted by Gasteiger charge is 2.31. The lowest BCUT2D eigenvalue weighted by molar-refractivity contribution is -0.124. The van der Waals surface area contributed by atoms with E-state index >= 15 is 0 Å². The van der Waals surface area contributed by atoms with Gasteiger partial charge < -0.3 is 10.6 Å². The lowest BCUT2D eigenvalue weighted by Gasteiger charge is -2.28. The topological polar surface area (TPSA) is 99.2 Å². The minimum Gasteiger partial charge on any atom is -0.329 e. The number of carbonyl (C=O) groups is 2. The monoisotopic (exact) mass is 218 g/mol. The number of carbonyl (C=O) groups excluding carboxylic acids is 2. The minimum atomic E-state index is -0.774. The number of halogens is 1. The van der Waals surface area contributed by atoms with E-state index in [-0.39, 0.29) is 19.0 Å². The maximum absolute atomic E-state index is 11.1. The zero-order valence-electron chi connectivity index (χ0n) is 7.40. The third kappa shape index (κ3) is 2.58. The average molecular weight is 219 g/mol. The Morgan fingerprint density at radius 1 is 1.64 bits per heavy atom. The van der Waals surface area contributed by atoms with Crippen molar-refractivity contribution >= 4 is 24.3 Å². The number of nitrogens with two attached hydrogens (primary N) is 1. The molecule has 1 saturated heterocycles. The molecule has 78 valence electrons. The van der Waals surface area contributed by atoms with Gasteiger partial charge in [0.15, 0.2) is 0 Å². The Labute approximate surface area is 87.4 Å². The molecule has 1 atom stereocenters. The molecule has 1 unspecified atom stereocenters. The summed E-state index contributed by atoms with van der Waals surface area (Å²) in [7, 11) is 0. The van der Waals surface area contributed by atoms with E-state index in [0.717, 1.165) is 0 Å². The molecule has 1 rings (SSSR count). The number of urea groups is 1. The largest absolute Gasteiger partial charge is 0.329 e. The summed E-state index contributed by atoms with van der Waals surface area (Å²) in [4.78, 5) is 23.4. The van der Waals surface area contributed by atoms with E-state index in [1.807, 2.05) is 6.07 Å². The summed E-state index contributed by atoms with van der Waals surface area (Å²) in [5, 5.41) is 10.6. The first-order chi connectivity index (χ1) is 6.19. The Morgan fingerprint density at radius 2 is 2.29 bits per heavy atom. The molecule has 0 aromatic heterocycles. The molecule has 1 aliphatic heterocycles. The molecule has 0 radical (unpaired) electrons. The van der Waals surface area contributed by atoms with Crippen molar-refractivity contribution in [3.05, 3.63) is 0 Å². The third-order valence-electron chi connectivity index (χ3n) is 1.79. The molecule has 0 aliphatic carbocycles. The number of hydrogen-bond donors (Lipinski definition) is 2. The summed E-state index contributed by atoms with van der Waals surface area (Å²) in [5.41, 5.74) is 5.25. The van der Waals surface area contributed by atoms with Crippen molar-refractivity contribution < 1.29 is 9.59 Å². The van der Waals surface area contributed by atoms with Gasteiger partial charge >= 0.3 is 6.03 Å². The van der Waals surface area contributed by atoms with Crippen LogP contribution in [0.4, 0.5) is 4.79 Å². The lowest BCUT2D eigenvalue weighted by atomic mass is 10.1. The summed E-state index contributed by atoms with van der Waals surface area (Å²) in [6.45, 7) is 0.815. The fourth-order valence-corrected chi connectivity index (χ4v) is 1.11. The quantitative estimate of drug-likeness (QED) is 0.625. The van der Waals surface area contributed by atoms with Gasteiger partial charge in [0.25, 0.3) is 0 Å². The Bertz CT molecular complexity index is 275.